The topological polar surface area (TPSA) is 53.4 Å². The molecule has 4 heterocycles. The number of fused-ring (bicyclic) bond motifs is 7. The molecule has 2 aliphatic rings. The maximum Gasteiger partial charge on any atom is 0.264 e. The van der Waals surface area contributed by atoms with Crippen molar-refractivity contribution < 1.29 is 9.47 Å². The number of hydrogen-bond donors (Lipinski definition) is 0. The summed E-state index contributed by atoms with van der Waals surface area (Å²) in [5, 5.41) is 1.37. The van der Waals surface area contributed by atoms with Crippen molar-refractivity contribution in [3.05, 3.63) is 105 Å². The number of pyridine rings is 2. The van der Waals surface area contributed by atoms with Gasteiger partial charge in [-0.05, 0) is 42.5 Å². The molecule has 146 valence electrons. The predicted octanol–water partition coefficient (Wildman–Crippen LogP) is 4.84. The lowest BCUT2D eigenvalue weighted by Gasteiger charge is -2.33. The lowest BCUT2D eigenvalue weighted by atomic mass is 9.82. The number of aromatic nitrogens is 2. The SMILES string of the molecule is O=c1c2c(c3cccnc3n1-c1ccccc1)OC=C1COc3ccc(Cl)cc3C12. The lowest BCUT2D eigenvalue weighted by Crippen LogP contribution is -2.32. The lowest BCUT2D eigenvalue weighted by molar-refractivity contribution is 0.309. The van der Waals surface area contributed by atoms with Crippen LogP contribution in [0.4, 0.5) is 0 Å². The number of nitrogens with zero attached hydrogens (tertiary/aromatic N) is 2. The second-order valence-electron chi connectivity index (χ2n) is 7.31. The molecule has 5 nitrogen and oxygen atoms in total. The summed E-state index contributed by atoms with van der Waals surface area (Å²) in [5.74, 6) is 0.978. The Morgan fingerprint density at radius 3 is 2.80 bits per heavy atom. The quantitative estimate of drug-likeness (QED) is 0.447. The van der Waals surface area contributed by atoms with Crippen molar-refractivity contribution in [1.29, 1.82) is 0 Å². The van der Waals surface area contributed by atoms with Gasteiger partial charge in [-0.1, -0.05) is 29.8 Å². The van der Waals surface area contributed by atoms with Gasteiger partial charge in [0.1, 0.15) is 18.1 Å². The van der Waals surface area contributed by atoms with Gasteiger partial charge in [-0.15, -0.1) is 0 Å². The van der Waals surface area contributed by atoms with Crippen LogP contribution in [0.15, 0.2) is 83.5 Å². The summed E-state index contributed by atoms with van der Waals surface area (Å²) in [7, 11) is 0. The summed E-state index contributed by atoms with van der Waals surface area (Å²) in [4.78, 5) is 18.4. The van der Waals surface area contributed by atoms with E-state index in [9.17, 15) is 4.79 Å². The van der Waals surface area contributed by atoms with Crippen LogP contribution in [0.3, 0.4) is 0 Å². The molecule has 0 radical (unpaired) electrons. The molecule has 6 heteroatoms. The number of hydrogen-bond acceptors (Lipinski definition) is 4. The highest BCUT2D eigenvalue weighted by molar-refractivity contribution is 6.30. The van der Waals surface area contributed by atoms with Gasteiger partial charge >= 0.3 is 0 Å². The van der Waals surface area contributed by atoms with Crippen LogP contribution in [0.5, 0.6) is 11.5 Å². The second-order valence-corrected chi connectivity index (χ2v) is 7.74. The maximum atomic E-state index is 13.9. The zero-order chi connectivity index (χ0) is 20.2. The van der Waals surface area contributed by atoms with E-state index in [1.54, 1.807) is 23.1 Å². The molecule has 1 atom stereocenters. The molecule has 4 aromatic rings. The van der Waals surface area contributed by atoms with Crippen LogP contribution in [0.2, 0.25) is 5.02 Å². The fourth-order valence-corrected chi connectivity index (χ4v) is 4.49. The Bertz CT molecular complexity index is 1410. The van der Waals surface area contributed by atoms with Crippen LogP contribution in [-0.4, -0.2) is 16.2 Å². The fraction of sp³-hybridized carbons (Fsp3) is 0.0833. The molecule has 1 unspecified atom stereocenters. The molecule has 2 aliphatic heterocycles. The van der Waals surface area contributed by atoms with Gasteiger partial charge in [-0.3, -0.25) is 9.36 Å². The molecule has 30 heavy (non-hydrogen) atoms. The molecular formula is C24H15ClN2O3. The molecular weight excluding hydrogens is 400 g/mol. The Kier molecular flexibility index (Phi) is 3.73. The fourth-order valence-electron chi connectivity index (χ4n) is 4.31. The molecule has 2 aromatic heterocycles. The van der Waals surface area contributed by atoms with Crippen LogP contribution < -0.4 is 15.0 Å². The largest absolute Gasteiger partial charge is 0.489 e. The molecule has 0 spiro atoms. The zero-order valence-electron chi connectivity index (χ0n) is 15.7. The first-order chi connectivity index (χ1) is 14.7. The zero-order valence-corrected chi connectivity index (χ0v) is 16.5. The van der Waals surface area contributed by atoms with Crippen molar-refractivity contribution in [2.24, 2.45) is 0 Å². The number of para-hydroxylation sites is 1. The summed E-state index contributed by atoms with van der Waals surface area (Å²) >= 11 is 6.30. The smallest absolute Gasteiger partial charge is 0.264 e. The highest BCUT2D eigenvalue weighted by Gasteiger charge is 2.37. The van der Waals surface area contributed by atoms with E-state index < -0.39 is 0 Å². The molecule has 0 N–H and O–H groups in total. The number of benzene rings is 2. The first-order valence-corrected chi connectivity index (χ1v) is 9.97. The molecule has 2 aromatic carbocycles. The van der Waals surface area contributed by atoms with Crippen molar-refractivity contribution >= 4 is 22.6 Å². The average Bonchev–Trinajstić information content (AvgIpc) is 2.79. The van der Waals surface area contributed by atoms with Crippen molar-refractivity contribution in [1.82, 2.24) is 9.55 Å². The van der Waals surface area contributed by atoms with Gasteiger partial charge in [-0.2, -0.15) is 0 Å². The minimum Gasteiger partial charge on any atom is -0.489 e. The van der Waals surface area contributed by atoms with Crippen LogP contribution in [0, 0.1) is 0 Å². The molecule has 0 aliphatic carbocycles. The summed E-state index contributed by atoms with van der Waals surface area (Å²) in [6.45, 7) is 0.356. The highest BCUT2D eigenvalue weighted by Crippen LogP contribution is 2.47. The maximum absolute atomic E-state index is 13.9. The average molecular weight is 415 g/mol. The highest BCUT2D eigenvalue weighted by atomic mass is 35.5. The first kappa shape index (κ1) is 17.3. The van der Waals surface area contributed by atoms with Crippen molar-refractivity contribution in [3.8, 4) is 17.2 Å². The Hall–Kier alpha value is -3.57. The third-order valence-electron chi connectivity index (χ3n) is 5.60. The number of halogens is 1. The van der Waals surface area contributed by atoms with Crippen molar-refractivity contribution in [3.63, 3.8) is 0 Å². The minimum atomic E-state index is -0.289. The van der Waals surface area contributed by atoms with E-state index in [2.05, 4.69) is 4.98 Å². The van der Waals surface area contributed by atoms with E-state index in [0.717, 1.165) is 28.0 Å². The summed E-state index contributed by atoms with van der Waals surface area (Å²) in [6.07, 6.45) is 3.37. The van der Waals surface area contributed by atoms with E-state index in [-0.39, 0.29) is 11.5 Å². The van der Waals surface area contributed by atoms with Crippen LogP contribution in [0.1, 0.15) is 17.0 Å². The van der Waals surface area contributed by atoms with E-state index in [1.165, 1.54) is 0 Å². The van der Waals surface area contributed by atoms with E-state index in [4.69, 9.17) is 21.1 Å². The minimum absolute atomic E-state index is 0.161. The molecule has 0 bridgehead atoms. The van der Waals surface area contributed by atoms with Gasteiger partial charge in [0.2, 0.25) is 0 Å². The molecule has 0 saturated carbocycles. The Morgan fingerprint density at radius 1 is 1.07 bits per heavy atom. The number of rotatable bonds is 1. The first-order valence-electron chi connectivity index (χ1n) is 9.59. The summed E-state index contributed by atoms with van der Waals surface area (Å²) in [6, 6.07) is 18.8. The Balaban J connectivity index is 1.74. The van der Waals surface area contributed by atoms with E-state index in [0.29, 0.717) is 28.6 Å². The van der Waals surface area contributed by atoms with Crippen LogP contribution in [0.25, 0.3) is 16.7 Å². The second kappa shape index (κ2) is 6.47. The van der Waals surface area contributed by atoms with Gasteiger partial charge in [0.25, 0.3) is 5.56 Å². The van der Waals surface area contributed by atoms with Gasteiger partial charge in [0.15, 0.2) is 5.65 Å². The summed E-state index contributed by atoms with van der Waals surface area (Å²) in [5.41, 5.74) is 3.47. The van der Waals surface area contributed by atoms with Crippen LogP contribution in [-0.2, 0) is 0 Å². The predicted molar refractivity (Wildman–Crippen MR) is 115 cm³/mol. The normalized spacial score (nSPS) is 16.6. The third-order valence-corrected chi connectivity index (χ3v) is 5.84. The van der Waals surface area contributed by atoms with Gasteiger partial charge in [0.05, 0.1) is 22.9 Å². The molecule has 0 amide bonds. The summed E-state index contributed by atoms with van der Waals surface area (Å²) < 4.78 is 13.5. The number of ether oxygens (including phenoxy) is 2. The molecule has 0 saturated heterocycles. The van der Waals surface area contributed by atoms with Crippen molar-refractivity contribution in [2.45, 2.75) is 5.92 Å². The Morgan fingerprint density at radius 2 is 1.93 bits per heavy atom. The van der Waals surface area contributed by atoms with E-state index >= 15 is 0 Å². The van der Waals surface area contributed by atoms with Gasteiger partial charge in [-0.25, -0.2) is 4.98 Å². The van der Waals surface area contributed by atoms with Gasteiger partial charge in [0, 0.05) is 28.3 Å². The Labute approximate surface area is 176 Å². The van der Waals surface area contributed by atoms with Gasteiger partial charge < -0.3 is 9.47 Å². The van der Waals surface area contributed by atoms with Crippen LogP contribution >= 0.6 is 11.6 Å². The molecule has 6 rings (SSSR count). The standard InChI is InChI=1S/C24H15ClN2O3/c25-15-8-9-19-18(11-15)20-14(12-29-19)13-30-22-17-7-4-10-26-23(17)27(24(28)21(20)22)16-5-2-1-3-6-16/h1-11,13,20H,12H2. The monoisotopic (exact) mass is 414 g/mol. The van der Waals surface area contributed by atoms with Crippen molar-refractivity contribution in [2.75, 3.05) is 6.61 Å². The third kappa shape index (κ3) is 2.42. The molecule has 0 fully saturated rings. The van der Waals surface area contributed by atoms with E-state index in [1.807, 2.05) is 54.6 Å².